The highest BCUT2D eigenvalue weighted by atomic mass is 32.2. The van der Waals surface area contributed by atoms with Crippen LogP contribution in [-0.4, -0.2) is 20.1 Å². The molecule has 1 aromatic rings. The molecule has 118 valence electrons. The van der Waals surface area contributed by atoms with Gasteiger partial charge >= 0.3 is 0 Å². The Labute approximate surface area is 127 Å². The standard InChI is InChI=1S/C16H25NO3S/c1-13-5-7-14(8-6-13)9-10-17-21(19,20)16-4-2-3-15(11-16)12-18/h2-4,11,13-14,17-18H,5-10,12H2,1H3. The molecule has 1 aromatic carbocycles. The Morgan fingerprint density at radius 2 is 1.95 bits per heavy atom. The first-order chi connectivity index (χ1) is 10.0. The Morgan fingerprint density at radius 3 is 2.62 bits per heavy atom. The monoisotopic (exact) mass is 311 g/mol. The van der Waals surface area contributed by atoms with Gasteiger partial charge in [-0.3, -0.25) is 0 Å². The van der Waals surface area contributed by atoms with Gasteiger partial charge in [0.25, 0.3) is 0 Å². The average Bonchev–Trinajstić information content (AvgIpc) is 2.49. The van der Waals surface area contributed by atoms with Gasteiger partial charge in [-0.2, -0.15) is 0 Å². The molecule has 0 bridgehead atoms. The molecule has 1 fully saturated rings. The largest absolute Gasteiger partial charge is 0.392 e. The molecular weight excluding hydrogens is 286 g/mol. The van der Waals surface area contributed by atoms with Crippen molar-refractivity contribution in [1.82, 2.24) is 4.72 Å². The molecule has 0 atom stereocenters. The molecule has 0 unspecified atom stereocenters. The number of rotatable bonds is 6. The number of aliphatic hydroxyl groups excluding tert-OH is 1. The van der Waals surface area contributed by atoms with Crippen LogP contribution in [0.25, 0.3) is 0 Å². The lowest BCUT2D eigenvalue weighted by molar-refractivity contribution is 0.278. The van der Waals surface area contributed by atoms with Crippen LogP contribution < -0.4 is 4.72 Å². The van der Waals surface area contributed by atoms with E-state index in [4.69, 9.17) is 5.11 Å². The van der Waals surface area contributed by atoms with Crippen molar-refractivity contribution in [1.29, 1.82) is 0 Å². The zero-order valence-corrected chi connectivity index (χ0v) is 13.4. The molecule has 5 heteroatoms. The van der Waals surface area contributed by atoms with Crippen LogP contribution in [0, 0.1) is 11.8 Å². The third-order valence-corrected chi connectivity index (χ3v) is 5.83. The second kappa shape index (κ2) is 7.38. The lowest BCUT2D eigenvalue weighted by atomic mass is 9.81. The smallest absolute Gasteiger partial charge is 0.240 e. The Bertz CT molecular complexity index is 548. The highest BCUT2D eigenvalue weighted by Crippen LogP contribution is 2.30. The number of aliphatic hydroxyl groups is 1. The maximum atomic E-state index is 12.2. The van der Waals surface area contributed by atoms with Gasteiger partial charge in [-0.05, 0) is 36.0 Å². The maximum absolute atomic E-state index is 12.2. The Kier molecular flexibility index (Phi) is 5.79. The summed E-state index contributed by atoms with van der Waals surface area (Å²) in [5.74, 6) is 1.46. The molecule has 0 aromatic heterocycles. The third kappa shape index (κ3) is 4.80. The second-order valence-corrected chi connectivity index (χ2v) is 7.88. The molecule has 0 saturated heterocycles. The van der Waals surface area contributed by atoms with E-state index in [9.17, 15) is 8.42 Å². The van der Waals surface area contributed by atoms with Gasteiger partial charge in [0, 0.05) is 6.54 Å². The molecule has 0 amide bonds. The summed E-state index contributed by atoms with van der Waals surface area (Å²) in [6.45, 7) is 2.63. The molecule has 0 radical (unpaired) electrons. The fourth-order valence-electron chi connectivity index (χ4n) is 2.91. The van der Waals surface area contributed by atoms with Crippen LogP contribution in [0.5, 0.6) is 0 Å². The van der Waals surface area contributed by atoms with Crippen molar-refractivity contribution in [3.05, 3.63) is 29.8 Å². The summed E-state index contributed by atoms with van der Waals surface area (Å²) in [6, 6.07) is 6.44. The first-order valence-corrected chi connectivity index (χ1v) is 9.19. The normalized spacial score (nSPS) is 23.1. The van der Waals surface area contributed by atoms with Crippen molar-refractivity contribution < 1.29 is 13.5 Å². The number of benzene rings is 1. The van der Waals surface area contributed by atoms with Crippen LogP contribution in [0.2, 0.25) is 0 Å². The zero-order chi connectivity index (χ0) is 15.3. The van der Waals surface area contributed by atoms with E-state index in [1.54, 1.807) is 18.2 Å². The van der Waals surface area contributed by atoms with Crippen molar-refractivity contribution in [2.24, 2.45) is 11.8 Å². The fourth-order valence-corrected chi connectivity index (χ4v) is 4.03. The Balaban J connectivity index is 1.86. The van der Waals surface area contributed by atoms with Gasteiger partial charge in [-0.25, -0.2) is 13.1 Å². The topological polar surface area (TPSA) is 66.4 Å². The average molecular weight is 311 g/mol. The first-order valence-electron chi connectivity index (χ1n) is 7.70. The van der Waals surface area contributed by atoms with Crippen LogP contribution >= 0.6 is 0 Å². The molecule has 21 heavy (non-hydrogen) atoms. The van der Waals surface area contributed by atoms with Crippen LogP contribution in [0.4, 0.5) is 0 Å². The molecule has 4 nitrogen and oxygen atoms in total. The number of hydrogen-bond donors (Lipinski definition) is 2. The number of hydrogen-bond acceptors (Lipinski definition) is 3. The highest BCUT2D eigenvalue weighted by Gasteiger charge is 2.19. The minimum Gasteiger partial charge on any atom is -0.392 e. The SMILES string of the molecule is CC1CCC(CCNS(=O)(=O)c2cccc(CO)c2)CC1. The van der Waals surface area contributed by atoms with E-state index in [1.807, 2.05) is 0 Å². The first kappa shape index (κ1) is 16.5. The van der Waals surface area contributed by atoms with Crippen LogP contribution in [0.3, 0.4) is 0 Å². The van der Waals surface area contributed by atoms with Crippen LogP contribution in [-0.2, 0) is 16.6 Å². The van der Waals surface area contributed by atoms with Gasteiger partial charge in [0.1, 0.15) is 0 Å². The summed E-state index contributed by atoms with van der Waals surface area (Å²) < 4.78 is 27.1. The summed E-state index contributed by atoms with van der Waals surface area (Å²) in [5, 5.41) is 9.08. The molecule has 1 aliphatic carbocycles. The van der Waals surface area contributed by atoms with E-state index < -0.39 is 10.0 Å². The lowest BCUT2D eigenvalue weighted by Crippen LogP contribution is -2.27. The van der Waals surface area contributed by atoms with Crippen molar-refractivity contribution in [3.8, 4) is 0 Å². The number of nitrogens with one attached hydrogen (secondary N) is 1. The molecule has 0 spiro atoms. The summed E-state index contributed by atoms with van der Waals surface area (Å²) in [6.07, 6.45) is 5.85. The van der Waals surface area contributed by atoms with Gasteiger partial charge in [0.05, 0.1) is 11.5 Å². The van der Waals surface area contributed by atoms with Crippen molar-refractivity contribution in [2.45, 2.75) is 50.5 Å². The summed E-state index contributed by atoms with van der Waals surface area (Å²) in [7, 11) is -3.47. The van der Waals surface area contributed by atoms with Gasteiger partial charge in [0.2, 0.25) is 10.0 Å². The van der Waals surface area contributed by atoms with Crippen molar-refractivity contribution >= 4 is 10.0 Å². The molecule has 2 N–H and O–H groups in total. The minimum atomic E-state index is -3.47. The molecule has 1 aliphatic rings. The Morgan fingerprint density at radius 1 is 1.24 bits per heavy atom. The minimum absolute atomic E-state index is 0.149. The Hall–Kier alpha value is -0.910. The van der Waals surface area contributed by atoms with E-state index in [2.05, 4.69) is 11.6 Å². The summed E-state index contributed by atoms with van der Waals surface area (Å²) in [5.41, 5.74) is 0.610. The predicted octanol–water partition coefficient (Wildman–Crippen LogP) is 2.67. The summed E-state index contributed by atoms with van der Waals surface area (Å²) in [4.78, 5) is 0.228. The predicted molar refractivity (Wildman–Crippen MR) is 83.3 cm³/mol. The maximum Gasteiger partial charge on any atom is 0.240 e. The van der Waals surface area contributed by atoms with Gasteiger partial charge < -0.3 is 5.11 Å². The number of sulfonamides is 1. The van der Waals surface area contributed by atoms with Gasteiger partial charge in [0.15, 0.2) is 0 Å². The second-order valence-electron chi connectivity index (χ2n) is 6.12. The molecule has 0 heterocycles. The van der Waals surface area contributed by atoms with E-state index in [0.717, 1.165) is 12.3 Å². The molecule has 2 rings (SSSR count). The zero-order valence-electron chi connectivity index (χ0n) is 12.6. The molecular formula is C16H25NO3S. The van der Waals surface area contributed by atoms with E-state index >= 15 is 0 Å². The van der Waals surface area contributed by atoms with E-state index in [0.29, 0.717) is 18.0 Å². The van der Waals surface area contributed by atoms with Gasteiger partial charge in [-0.1, -0.05) is 44.7 Å². The van der Waals surface area contributed by atoms with Crippen LogP contribution in [0.1, 0.15) is 44.6 Å². The third-order valence-electron chi connectivity index (χ3n) is 4.37. The summed E-state index contributed by atoms with van der Waals surface area (Å²) >= 11 is 0. The van der Waals surface area contributed by atoms with Crippen molar-refractivity contribution in [3.63, 3.8) is 0 Å². The molecule has 1 saturated carbocycles. The molecule has 0 aliphatic heterocycles. The van der Waals surface area contributed by atoms with E-state index in [-0.39, 0.29) is 11.5 Å². The van der Waals surface area contributed by atoms with Crippen LogP contribution in [0.15, 0.2) is 29.2 Å². The quantitative estimate of drug-likeness (QED) is 0.849. The highest BCUT2D eigenvalue weighted by molar-refractivity contribution is 7.89. The fraction of sp³-hybridized carbons (Fsp3) is 0.625. The van der Waals surface area contributed by atoms with Gasteiger partial charge in [-0.15, -0.1) is 0 Å². The van der Waals surface area contributed by atoms with E-state index in [1.165, 1.54) is 31.7 Å². The lowest BCUT2D eigenvalue weighted by Gasteiger charge is -2.26. The van der Waals surface area contributed by atoms with Crippen molar-refractivity contribution in [2.75, 3.05) is 6.54 Å².